The van der Waals surface area contributed by atoms with Crippen LogP contribution in [0.25, 0.3) is 0 Å². The molecule has 0 spiro atoms. The van der Waals surface area contributed by atoms with Gasteiger partial charge in [0, 0.05) is 19.7 Å². The van der Waals surface area contributed by atoms with Gasteiger partial charge in [-0.05, 0) is 45.1 Å². The van der Waals surface area contributed by atoms with Crippen LogP contribution in [-0.4, -0.2) is 48.2 Å². The molecule has 2 N–H and O–H groups in total. The van der Waals surface area contributed by atoms with Gasteiger partial charge >= 0.3 is 0 Å². The Labute approximate surface area is 117 Å². The summed E-state index contributed by atoms with van der Waals surface area (Å²) in [6.07, 6.45) is 6.82. The lowest BCUT2D eigenvalue weighted by Gasteiger charge is -2.24. The van der Waals surface area contributed by atoms with E-state index in [0.717, 1.165) is 45.3 Å². The minimum atomic E-state index is -0.0810. The lowest BCUT2D eigenvalue weighted by atomic mass is 10.1. The van der Waals surface area contributed by atoms with E-state index >= 15 is 0 Å². The molecule has 1 saturated heterocycles. The van der Waals surface area contributed by atoms with Crippen molar-refractivity contribution in [1.82, 2.24) is 10.2 Å². The zero-order valence-corrected chi connectivity index (χ0v) is 12.5. The molecule has 4 nitrogen and oxygen atoms in total. The van der Waals surface area contributed by atoms with Crippen LogP contribution in [0, 0.1) is 5.92 Å². The van der Waals surface area contributed by atoms with Crippen molar-refractivity contribution in [2.45, 2.75) is 58.4 Å². The van der Waals surface area contributed by atoms with Crippen LogP contribution in [0.2, 0.25) is 0 Å². The van der Waals surface area contributed by atoms with Gasteiger partial charge in [-0.25, -0.2) is 0 Å². The summed E-state index contributed by atoms with van der Waals surface area (Å²) < 4.78 is 0. The SMILES string of the molecule is CC(CO)CCCNC(C)C(=O)N1CCCCCC1. The third kappa shape index (κ3) is 6.39. The summed E-state index contributed by atoms with van der Waals surface area (Å²) in [5.74, 6) is 0.607. The van der Waals surface area contributed by atoms with Gasteiger partial charge < -0.3 is 15.3 Å². The Kier molecular flexibility index (Phi) is 8.07. The molecule has 1 aliphatic rings. The second kappa shape index (κ2) is 9.32. The third-order valence-corrected chi connectivity index (χ3v) is 3.92. The Balaban J connectivity index is 2.20. The van der Waals surface area contributed by atoms with Crippen molar-refractivity contribution >= 4 is 5.91 Å². The molecule has 1 rings (SSSR count). The van der Waals surface area contributed by atoms with Crippen molar-refractivity contribution in [3.8, 4) is 0 Å². The molecule has 1 amide bonds. The van der Waals surface area contributed by atoms with Crippen LogP contribution >= 0.6 is 0 Å². The van der Waals surface area contributed by atoms with Crippen LogP contribution < -0.4 is 5.32 Å². The second-order valence-electron chi connectivity index (χ2n) is 5.85. The van der Waals surface area contributed by atoms with Gasteiger partial charge in [0.15, 0.2) is 0 Å². The number of rotatable bonds is 7. The molecule has 0 aliphatic carbocycles. The van der Waals surface area contributed by atoms with Crippen molar-refractivity contribution in [2.24, 2.45) is 5.92 Å². The molecule has 0 radical (unpaired) electrons. The van der Waals surface area contributed by atoms with E-state index in [1.165, 1.54) is 12.8 Å². The van der Waals surface area contributed by atoms with Crippen LogP contribution in [-0.2, 0) is 4.79 Å². The maximum Gasteiger partial charge on any atom is 0.239 e. The Morgan fingerprint density at radius 1 is 1.21 bits per heavy atom. The molecule has 1 heterocycles. The Bertz CT molecular complexity index is 251. The van der Waals surface area contributed by atoms with Crippen molar-refractivity contribution in [3.63, 3.8) is 0 Å². The van der Waals surface area contributed by atoms with Crippen LogP contribution in [0.15, 0.2) is 0 Å². The normalized spacial score (nSPS) is 19.8. The highest BCUT2D eigenvalue weighted by Gasteiger charge is 2.20. The number of likely N-dealkylation sites (tertiary alicyclic amines) is 1. The van der Waals surface area contributed by atoms with Crippen LogP contribution in [0.5, 0.6) is 0 Å². The van der Waals surface area contributed by atoms with E-state index in [9.17, 15) is 4.79 Å². The fraction of sp³-hybridized carbons (Fsp3) is 0.933. The lowest BCUT2D eigenvalue weighted by Crippen LogP contribution is -2.45. The summed E-state index contributed by atoms with van der Waals surface area (Å²) in [6.45, 7) is 6.96. The maximum absolute atomic E-state index is 12.3. The third-order valence-electron chi connectivity index (χ3n) is 3.92. The molecular weight excluding hydrogens is 240 g/mol. The molecule has 2 unspecified atom stereocenters. The highest BCUT2D eigenvalue weighted by molar-refractivity contribution is 5.81. The first-order valence-electron chi connectivity index (χ1n) is 7.78. The average Bonchev–Trinajstić information content (AvgIpc) is 2.71. The van der Waals surface area contributed by atoms with Gasteiger partial charge in [-0.2, -0.15) is 0 Å². The summed E-state index contributed by atoms with van der Waals surface area (Å²) in [7, 11) is 0. The Hall–Kier alpha value is -0.610. The molecule has 0 aromatic carbocycles. The first-order valence-corrected chi connectivity index (χ1v) is 7.78. The van der Waals surface area contributed by atoms with Gasteiger partial charge in [0.1, 0.15) is 0 Å². The zero-order chi connectivity index (χ0) is 14.1. The molecule has 112 valence electrons. The van der Waals surface area contributed by atoms with Crippen molar-refractivity contribution in [2.75, 3.05) is 26.2 Å². The quantitative estimate of drug-likeness (QED) is 0.693. The molecular formula is C15H30N2O2. The van der Waals surface area contributed by atoms with E-state index in [0.29, 0.717) is 5.92 Å². The lowest BCUT2D eigenvalue weighted by molar-refractivity contribution is -0.133. The number of carbonyl (C=O) groups excluding carboxylic acids is 1. The number of nitrogens with zero attached hydrogens (tertiary/aromatic N) is 1. The Morgan fingerprint density at radius 2 is 1.84 bits per heavy atom. The molecule has 19 heavy (non-hydrogen) atoms. The standard InChI is InChI=1S/C15H30N2O2/c1-13(12-18)8-7-9-16-14(2)15(19)17-10-5-3-4-6-11-17/h13-14,16,18H,3-12H2,1-2H3. The van der Waals surface area contributed by atoms with E-state index in [2.05, 4.69) is 5.32 Å². The van der Waals surface area contributed by atoms with E-state index in [1.807, 2.05) is 18.7 Å². The summed E-state index contributed by atoms with van der Waals surface area (Å²) in [4.78, 5) is 14.3. The molecule has 1 aliphatic heterocycles. The van der Waals surface area contributed by atoms with Crippen molar-refractivity contribution in [3.05, 3.63) is 0 Å². The topological polar surface area (TPSA) is 52.6 Å². The summed E-state index contributed by atoms with van der Waals surface area (Å²) >= 11 is 0. The molecule has 0 aromatic rings. The van der Waals surface area contributed by atoms with Gasteiger partial charge in [-0.15, -0.1) is 0 Å². The monoisotopic (exact) mass is 270 g/mol. The van der Waals surface area contributed by atoms with Gasteiger partial charge in [-0.1, -0.05) is 19.8 Å². The fourth-order valence-electron chi connectivity index (χ4n) is 2.51. The molecule has 2 atom stereocenters. The van der Waals surface area contributed by atoms with Crippen molar-refractivity contribution < 1.29 is 9.90 Å². The molecule has 0 saturated carbocycles. The first kappa shape index (κ1) is 16.4. The first-order chi connectivity index (χ1) is 9.15. The number of amides is 1. The number of hydrogen-bond acceptors (Lipinski definition) is 3. The van der Waals surface area contributed by atoms with Gasteiger partial charge in [0.25, 0.3) is 0 Å². The minimum Gasteiger partial charge on any atom is -0.396 e. The second-order valence-corrected chi connectivity index (χ2v) is 5.85. The average molecular weight is 270 g/mol. The van der Waals surface area contributed by atoms with Gasteiger partial charge in [-0.3, -0.25) is 4.79 Å². The summed E-state index contributed by atoms with van der Waals surface area (Å²) in [6, 6.07) is -0.0810. The minimum absolute atomic E-state index is 0.0810. The van der Waals surface area contributed by atoms with E-state index in [-0.39, 0.29) is 18.6 Å². The van der Waals surface area contributed by atoms with E-state index < -0.39 is 0 Å². The van der Waals surface area contributed by atoms with Crippen LogP contribution in [0.4, 0.5) is 0 Å². The maximum atomic E-state index is 12.3. The molecule has 0 aromatic heterocycles. The number of aliphatic hydroxyl groups excluding tert-OH is 1. The van der Waals surface area contributed by atoms with Crippen molar-refractivity contribution in [1.29, 1.82) is 0 Å². The summed E-state index contributed by atoms with van der Waals surface area (Å²) in [5.41, 5.74) is 0. The number of carbonyl (C=O) groups is 1. The summed E-state index contributed by atoms with van der Waals surface area (Å²) in [5, 5.41) is 12.3. The highest BCUT2D eigenvalue weighted by atomic mass is 16.3. The predicted molar refractivity (Wildman–Crippen MR) is 78.0 cm³/mol. The largest absolute Gasteiger partial charge is 0.396 e. The fourth-order valence-corrected chi connectivity index (χ4v) is 2.51. The van der Waals surface area contributed by atoms with Gasteiger partial charge in [0.05, 0.1) is 6.04 Å². The Morgan fingerprint density at radius 3 is 2.42 bits per heavy atom. The van der Waals surface area contributed by atoms with Crippen LogP contribution in [0.1, 0.15) is 52.4 Å². The number of nitrogens with one attached hydrogen (secondary N) is 1. The van der Waals surface area contributed by atoms with E-state index in [4.69, 9.17) is 5.11 Å². The van der Waals surface area contributed by atoms with Crippen LogP contribution in [0.3, 0.4) is 0 Å². The zero-order valence-electron chi connectivity index (χ0n) is 12.5. The number of aliphatic hydroxyl groups is 1. The predicted octanol–water partition coefficient (Wildman–Crippen LogP) is 1.78. The van der Waals surface area contributed by atoms with E-state index in [1.54, 1.807) is 0 Å². The molecule has 1 fully saturated rings. The highest BCUT2D eigenvalue weighted by Crippen LogP contribution is 2.11. The molecule has 4 heteroatoms. The smallest absolute Gasteiger partial charge is 0.239 e. The molecule has 0 bridgehead atoms. The number of hydrogen-bond donors (Lipinski definition) is 2. The van der Waals surface area contributed by atoms with Gasteiger partial charge in [0.2, 0.25) is 5.91 Å².